The van der Waals surface area contributed by atoms with E-state index in [0.717, 1.165) is 0 Å². The standard InChI is InChI=1S/C16H19FN6O2/c1-3-25-15(24)12-9-18-16(21-11(12)2)23-6-4-22(5-7-23)14-8-13(17)19-10-20-14/h8-10H,3-7H2,1-2H3. The number of halogens is 1. The van der Waals surface area contributed by atoms with Crippen LogP contribution in [0.15, 0.2) is 18.6 Å². The molecule has 3 heterocycles. The molecule has 3 rings (SSSR count). The first-order valence-electron chi connectivity index (χ1n) is 8.06. The van der Waals surface area contributed by atoms with Gasteiger partial charge in [-0.2, -0.15) is 4.39 Å². The lowest BCUT2D eigenvalue weighted by molar-refractivity contribution is 0.0524. The van der Waals surface area contributed by atoms with Crippen LogP contribution in [-0.2, 0) is 4.74 Å². The quantitative estimate of drug-likeness (QED) is 0.603. The fourth-order valence-electron chi connectivity index (χ4n) is 2.65. The van der Waals surface area contributed by atoms with Crippen LogP contribution in [0.1, 0.15) is 23.0 Å². The van der Waals surface area contributed by atoms with Gasteiger partial charge in [-0.05, 0) is 13.8 Å². The van der Waals surface area contributed by atoms with Crippen LogP contribution in [-0.4, -0.2) is 58.7 Å². The molecule has 0 atom stereocenters. The molecule has 0 bridgehead atoms. The van der Waals surface area contributed by atoms with Gasteiger partial charge >= 0.3 is 5.97 Å². The van der Waals surface area contributed by atoms with Crippen LogP contribution in [0, 0.1) is 12.9 Å². The minimum absolute atomic E-state index is 0.311. The van der Waals surface area contributed by atoms with E-state index in [1.807, 2.05) is 9.80 Å². The zero-order valence-electron chi connectivity index (χ0n) is 14.1. The SMILES string of the molecule is CCOC(=O)c1cnc(N2CCN(c3cc(F)ncn3)CC2)nc1C. The summed E-state index contributed by atoms with van der Waals surface area (Å²) in [6.07, 6.45) is 2.72. The van der Waals surface area contributed by atoms with Gasteiger partial charge in [-0.25, -0.2) is 24.7 Å². The first kappa shape index (κ1) is 17.0. The van der Waals surface area contributed by atoms with Crippen LogP contribution in [0.4, 0.5) is 16.2 Å². The molecule has 1 saturated heterocycles. The molecule has 1 fully saturated rings. The van der Waals surface area contributed by atoms with Gasteiger partial charge in [0.2, 0.25) is 11.9 Å². The molecule has 0 aliphatic carbocycles. The maximum Gasteiger partial charge on any atom is 0.341 e. The van der Waals surface area contributed by atoms with Crippen molar-refractivity contribution in [2.24, 2.45) is 0 Å². The van der Waals surface area contributed by atoms with Crippen LogP contribution < -0.4 is 9.80 Å². The zero-order valence-corrected chi connectivity index (χ0v) is 14.1. The van der Waals surface area contributed by atoms with Crippen molar-refractivity contribution in [3.05, 3.63) is 35.8 Å². The van der Waals surface area contributed by atoms with Gasteiger partial charge in [0.1, 0.15) is 12.1 Å². The Morgan fingerprint density at radius 3 is 2.56 bits per heavy atom. The van der Waals surface area contributed by atoms with E-state index in [1.165, 1.54) is 18.6 Å². The van der Waals surface area contributed by atoms with Gasteiger partial charge in [0.15, 0.2) is 0 Å². The monoisotopic (exact) mass is 346 g/mol. The van der Waals surface area contributed by atoms with E-state index in [4.69, 9.17) is 4.74 Å². The highest BCUT2D eigenvalue weighted by Crippen LogP contribution is 2.17. The minimum Gasteiger partial charge on any atom is -0.462 e. The van der Waals surface area contributed by atoms with Gasteiger partial charge < -0.3 is 14.5 Å². The second-order valence-electron chi connectivity index (χ2n) is 5.56. The number of anilines is 2. The van der Waals surface area contributed by atoms with Crippen molar-refractivity contribution in [3.63, 3.8) is 0 Å². The summed E-state index contributed by atoms with van der Waals surface area (Å²) in [5.41, 5.74) is 0.962. The molecule has 25 heavy (non-hydrogen) atoms. The second kappa shape index (κ2) is 7.37. The largest absolute Gasteiger partial charge is 0.462 e. The zero-order chi connectivity index (χ0) is 17.8. The molecule has 1 aliphatic rings. The van der Waals surface area contributed by atoms with Crippen LogP contribution >= 0.6 is 0 Å². The van der Waals surface area contributed by atoms with E-state index in [1.54, 1.807) is 13.8 Å². The normalized spacial score (nSPS) is 14.5. The molecule has 132 valence electrons. The van der Waals surface area contributed by atoms with E-state index in [0.29, 0.717) is 55.8 Å². The number of esters is 1. The maximum atomic E-state index is 13.2. The van der Waals surface area contributed by atoms with E-state index < -0.39 is 11.9 Å². The Bertz CT molecular complexity index is 764. The van der Waals surface area contributed by atoms with Crippen LogP contribution in [0.3, 0.4) is 0 Å². The Morgan fingerprint density at radius 1 is 1.20 bits per heavy atom. The van der Waals surface area contributed by atoms with E-state index >= 15 is 0 Å². The molecule has 2 aromatic heterocycles. The number of aromatic nitrogens is 4. The first-order valence-corrected chi connectivity index (χ1v) is 8.06. The summed E-state index contributed by atoms with van der Waals surface area (Å²) in [7, 11) is 0. The van der Waals surface area contributed by atoms with Crippen molar-refractivity contribution in [2.75, 3.05) is 42.6 Å². The molecular formula is C16H19FN6O2. The van der Waals surface area contributed by atoms with Gasteiger partial charge in [0.25, 0.3) is 0 Å². The number of carbonyl (C=O) groups is 1. The van der Waals surface area contributed by atoms with Gasteiger partial charge in [0, 0.05) is 38.4 Å². The van der Waals surface area contributed by atoms with Gasteiger partial charge in [-0.15, -0.1) is 0 Å². The van der Waals surface area contributed by atoms with Crippen molar-refractivity contribution >= 4 is 17.7 Å². The van der Waals surface area contributed by atoms with E-state index in [2.05, 4.69) is 19.9 Å². The summed E-state index contributed by atoms with van der Waals surface area (Å²) >= 11 is 0. The number of ether oxygens (including phenoxy) is 1. The van der Waals surface area contributed by atoms with E-state index in [-0.39, 0.29) is 0 Å². The van der Waals surface area contributed by atoms with Crippen molar-refractivity contribution in [2.45, 2.75) is 13.8 Å². The first-order chi connectivity index (χ1) is 12.1. The van der Waals surface area contributed by atoms with Crippen LogP contribution in [0.25, 0.3) is 0 Å². The predicted molar refractivity (Wildman–Crippen MR) is 89.1 cm³/mol. The molecule has 0 aromatic carbocycles. The topological polar surface area (TPSA) is 84.3 Å². The number of nitrogens with zero attached hydrogens (tertiary/aromatic N) is 6. The average Bonchev–Trinajstić information content (AvgIpc) is 2.62. The highest BCUT2D eigenvalue weighted by molar-refractivity contribution is 5.90. The molecule has 9 heteroatoms. The summed E-state index contributed by atoms with van der Waals surface area (Å²) in [5, 5.41) is 0. The molecule has 0 unspecified atom stereocenters. The number of piperazine rings is 1. The van der Waals surface area contributed by atoms with Crippen molar-refractivity contribution in [1.82, 2.24) is 19.9 Å². The summed E-state index contributed by atoms with van der Waals surface area (Å²) in [5.74, 6) is 0.184. The lowest BCUT2D eigenvalue weighted by atomic mass is 10.2. The number of hydrogen-bond donors (Lipinski definition) is 0. The third-order valence-electron chi connectivity index (χ3n) is 3.97. The van der Waals surface area contributed by atoms with Gasteiger partial charge in [-0.1, -0.05) is 0 Å². The molecule has 1 aliphatic heterocycles. The molecule has 2 aromatic rings. The highest BCUT2D eigenvalue weighted by atomic mass is 19.1. The van der Waals surface area contributed by atoms with Gasteiger partial charge in [0.05, 0.1) is 17.9 Å². The predicted octanol–water partition coefficient (Wildman–Crippen LogP) is 1.22. The van der Waals surface area contributed by atoms with Crippen LogP contribution in [0.5, 0.6) is 0 Å². The third-order valence-corrected chi connectivity index (χ3v) is 3.97. The average molecular weight is 346 g/mol. The molecule has 0 spiro atoms. The smallest absolute Gasteiger partial charge is 0.341 e. The van der Waals surface area contributed by atoms with Crippen molar-refractivity contribution in [3.8, 4) is 0 Å². The fraction of sp³-hybridized carbons (Fsp3) is 0.438. The molecule has 0 radical (unpaired) electrons. The number of carbonyl (C=O) groups excluding carboxylic acids is 1. The van der Waals surface area contributed by atoms with Crippen molar-refractivity contribution in [1.29, 1.82) is 0 Å². The molecule has 0 N–H and O–H groups in total. The lowest BCUT2D eigenvalue weighted by Crippen LogP contribution is -2.47. The highest BCUT2D eigenvalue weighted by Gasteiger charge is 2.22. The van der Waals surface area contributed by atoms with Crippen molar-refractivity contribution < 1.29 is 13.9 Å². The van der Waals surface area contributed by atoms with Crippen LogP contribution in [0.2, 0.25) is 0 Å². The molecule has 0 amide bonds. The summed E-state index contributed by atoms with van der Waals surface area (Å²) < 4.78 is 18.2. The minimum atomic E-state index is -0.541. The molecular weight excluding hydrogens is 327 g/mol. The summed E-state index contributed by atoms with van der Waals surface area (Å²) in [4.78, 5) is 32.1. The Labute approximate surface area is 144 Å². The number of rotatable bonds is 4. The van der Waals surface area contributed by atoms with E-state index in [9.17, 15) is 9.18 Å². The summed E-state index contributed by atoms with van der Waals surface area (Å²) in [6, 6.07) is 1.32. The Kier molecular flexibility index (Phi) is 5.01. The third kappa shape index (κ3) is 3.81. The summed E-state index contributed by atoms with van der Waals surface area (Å²) in [6.45, 7) is 6.50. The maximum absolute atomic E-state index is 13.2. The lowest BCUT2D eigenvalue weighted by Gasteiger charge is -2.35. The Balaban J connectivity index is 1.67. The Morgan fingerprint density at radius 2 is 1.92 bits per heavy atom. The Hall–Kier alpha value is -2.84. The number of hydrogen-bond acceptors (Lipinski definition) is 8. The fourth-order valence-corrected chi connectivity index (χ4v) is 2.65. The van der Waals surface area contributed by atoms with Gasteiger partial charge in [-0.3, -0.25) is 0 Å². The second-order valence-corrected chi connectivity index (χ2v) is 5.56. The molecule has 0 saturated carbocycles. The number of aryl methyl sites for hydroxylation is 1. The molecule has 8 nitrogen and oxygen atoms in total.